The average Bonchev–Trinajstić information content (AvgIpc) is 2.98. The summed E-state index contributed by atoms with van der Waals surface area (Å²) in [4.78, 5) is 12.1. The van der Waals surface area contributed by atoms with Crippen LogP contribution in [0.4, 0.5) is 0 Å². The minimum absolute atomic E-state index is 0.128. The molecule has 0 atom stereocenters. The second-order valence-corrected chi connectivity index (χ2v) is 8.80. The molecule has 0 fully saturated rings. The van der Waals surface area contributed by atoms with Crippen LogP contribution in [0.1, 0.15) is 28.1 Å². The van der Waals surface area contributed by atoms with Crippen LogP contribution in [0.25, 0.3) is 5.69 Å². The van der Waals surface area contributed by atoms with E-state index < -0.39 is 0 Å². The highest BCUT2D eigenvalue weighted by Gasteiger charge is 2.13. The van der Waals surface area contributed by atoms with E-state index >= 15 is 0 Å². The van der Waals surface area contributed by atoms with Crippen molar-refractivity contribution in [2.75, 3.05) is 5.75 Å². The number of nitrogens with one attached hydrogen (secondary N) is 1. The summed E-state index contributed by atoms with van der Waals surface area (Å²) in [6, 6.07) is 15.6. The maximum atomic E-state index is 12.1. The number of carbonyl (C=O) groups is 1. The van der Waals surface area contributed by atoms with E-state index in [0.29, 0.717) is 15.8 Å². The molecule has 4 nitrogen and oxygen atoms in total. The van der Waals surface area contributed by atoms with Gasteiger partial charge in [-0.2, -0.15) is 5.10 Å². The molecule has 1 N–H and O–H groups in total. The van der Waals surface area contributed by atoms with Gasteiger partial charge in [0, 0.05) is 27.7 Å². The van der Waals surface area contributed by atoms with Crippen molar-refractivity contribution in [2.45, 2.75) is 26.5 Å². The third-order valence-corrected chi connectivity index (χ3v) is 6.30. The molecular weight excluding hydrogens is 437 g/mol. The van der Waals surface area contributed by atoms with Crippen LogP contribution in [-0.2, 0) is 10.5 Å². The maximum absolute atomic E-state index is 12.1. The van der Waals surface area contributed by atoms with Crippen LogP contribution in [0.5, 0.6) is 0 Å². The van der Waals surface area contributed by atoms with Gasteiger partial charge < -0.3 is 4.57 Å². The number of aromatic nitrogens is 1. The van der Waals surface area contributed by atoms with E-state index in [-0.39, 0.29) is 5.91 Å². The van der Waals surface area contributed by atoms with Crippen LogP contribution < -0.4 is 5.43 Å². The Hall–Kier alpha value is -2.21. The summed E-state index contributed by atoms with van der Waals surface area (Å²) >= 11 is 14.1. The van der Waals surface area contributed by atoms with Gasteiger partial charge in [-0.25, -0.2) is 5.43 Å². The first-order valence-electron chi connectivity index (χ1n) is 9.45. The first kappa shape index (κ1) is 22.5. The van der Waals surface area contributed by atoms with Crippen molar-refractivity contribution >= 4 is 47.1 Å². The Morgan fingerprint density at radius 1 is 1.13 bits per heavy atom. The number of aryl methyl sites for hydroxylation is 2. The summed E-state index contributed by atoms with van der Waals surface area (Å²) in [6.07, 6.45) is 1.65. The Morgan fingerprint density at radius 2 is 1.90 bits per heavy atom. The summed E-state index contributed by atoms with van der Waals surface area (Å²) in [5.74, 6) is 1.02. The highest BCUT2D eigenvalue weighted by Crippen LogP contribution is 2.28. The first-order valence-corrected chi connectivity index (χ1v) is 11.4. The number of hydrogen-bond donors (Lipinski definition) is 1. The number of thioether (sulfide) groups is 1. The van der Waals surface area contributed by atoms with Crippen LogP contribution in [0.15, 0.2) is 53.6 Å². The first-order chi connectivity index (χ1) is 14.4. The zero-order chi connectivity index (χ0) is 21.7. The van der Waals surface area contributed by atoms with E-state index in [2.05, 4.69) is 29.6 Å². The van der Waals surface area contributed by atoms with E-state index in [9.17, 15) is 4.79 Å². The topological polar surface area (TPSA) is 46.4 Å². The molecule has 0 aliphatic rings. The van der Waals surface area contributed by atoms with Crippen LogP contribution in [0.2, 0.25) is 10.0 Å². The van der Waals surface area contributed by atoms with Crippen molar-refractivity contribution in [3.63, 3.8) is 0 Å². The Morgan fingerprint density at radius 3 is 2.67 bits per heavy atom. The average molecular weight is 460 g/mol. The molecule has 0 radical (unpaired) electrons. The van der Waals surface area contributed by atoms with E-state index in [1.807, 2.05) is 42.7 Å². The smallest absolute Gasteiger partial charge is 0.250 e. The van der Waals surface area contributed by atoms with Crippen molar-refractivity contribution in [1.29, 1.82) is 0 Å². The fourth-order valence-electron chi connectivity index (χ4n) is 3.18. The molecule has 30 heavy (non-hydrogen) atoms. The molecule has 1 aromatic heterocycles. The van der Waals surface area contributed by atoms with Gasteiger partial charge in [-0.15, -0.1) is 11.8 Å². The third kappa shape index (κ3) is 5.48. The lowest BCUT2D eigenvalue weighted by molar-refractivity contribution is -0.118. The number of nitrogens with zero attached hydrogens (tertiary/aromatic N) is 2. The molecule has 0 bridgehead atoms. The molecular formula is C23H23Cl2N3OS. The lowest BCUT2D eigenvalue weighted by atomic mass is 10.1. The van der Waals surface area contributed by atoms with Crippen molar-refractivity contribution in [3.05, 3.63) is 86.7 Å². The second kappa shape index (κ2) is 10.2. The number of rotatable bonds is 7. The third-order valence-electron chi connectivity index (χ3n) is 4.76. The van der Waals surface area contributed by atoms with Crippen LogP contribution >= 0.6 is 35.0 Å². The van der Waals surface area contributed by atoms with Gasteiger partial charge in [-0.05, 0) is 56.2 Å². The van der Waals surface area contributed by atoms with Crippen LogP contribution in [-0.4, -0.2) is 22.4 Å². The fourth-order valence-corrected chi connectivity index (χ4v) is 4.44. The van der Waals surface area contributed by atoms with Crippen molar-refractivity contribution in [2.24, 2.45) is 5.10 Å². The summed E-state index contributed by atoms with van der Waals surface area (Å²) in [5, 5.41) is 5.36. The Labute approximate surface area is 191 Å². The zero-order valence-electron chi connectivity index (χ0n) is 17.1. The molecule has 3 aromatic rings. The predicted molar refractivity (Wildman–Crippen MR) is 128 cm³/mol. The monoisotopic (exact) mass is 459 g/mol. The van der Waals surface area contributed by atoms with Gasteiger partial charge in [0.15, 0.2) is 0 Å². The normalized spacial score (nSPS) is 11.2. The van der Waals surface area contributed by atoms with Crippen molar-refractivity contribution in [1.82, 2.24) is 9.99 Å². The maximum Gasteiger partial charge on any atom is 0.250 e. The number of benzene rings is 2. The molecule has 0 saturated heterocycles. The van der Waals surface area contributed by atoms with Crippen molar-refractivity contribution < 1.29 is 4.79 Å². The van der Waals surface area contributed by atoms with Crippen LogP contribution in [0.3, 0.4) is 0 Å². The van der Waals surface area contributed by atoms with Gasteiger partial charge in [0.1, 0.15) is 0 Å². The number of halogens is 2. The summed E-state index contributed by atoms with van der Waals surface area (Å²) in [6.45, 7) is 6.04. The summed E-state index contributed by atoms with van der Waals surface area (Å²) in [7, 11) is 0. The Bertz CT molecular complexity index is 1090. The van der Waals surface area contributed by atoms with Gasteiger partial charge in [0.25, 0.3) is 0 Å². The minimum atomic E-state index is -0.128. The van der Waals surface area contributed by atoms with E-state index in [1.54, 1.807) is 30.1 Å². The molecule has 1 heterocycles. The largest absolute Gasteiger partial charge is 0.316 e. The fraction of sp³-hybridized carbons (Fsp3) is 0.217. The molecule has 3 rings (SSSR count). The molecule has 1 amide bonds. The molecule has 2 aromatic carbocycles. The SMILES string of the molecule is Cc1ccccc1CSCC(=O)N/N=C\c1cc(C)n(-c2cc(Cl)ccc2Cl)c1C. The standard InChI is InChI=1S/C23H23Cl2N3OS/c1-15-6-4-5-7-18(15)13-30-14-23(29)27-26-12-19-10-16(2)28(17(19)3)22-11-20(24)8-9-21(22)25/h4-12H,13-14H2,1-3H3,(H,27,29)/b26-12-. The molecule has 0 aliphatic carbocycles. The minimum Gasteiger partial charge on any atom is -0.316 e. The molecule has 0 aliphatic heterocycles. The number of hydrogen-bond acceptors (Lipinski definition) is 3. The van der Waals surface area contributed by atoms with Gasteiger partial charge >= 0.3 is 0 Å². The van der Waals surface area contributed by atoms with E-state index in [1.165, 1.54) is 11.1 Å². The second-order valence-electron chi connectivity index (χ2n) is 6.97. The number of amides is 1. The van der Waals surface area contributed by atoms with Gasteiger partial charge in [-0.1, -0.05) is 47.5 Å². The highest BCUT2D eigenvalue weighted by molar-refractivity contribution is 7.99. The summed E-state index contributed by atoms with van der Waals surface area (Å²) in [5.41, 5.74) is 8.75. The highest BCUT2D eigenvalue weighted by atomic mass is 35.5. The van der Waals surface area contributed by atoms with E-state index in [4.69, 9.17) is 23.2 Å². The van der Waals surface area contributed by atoms with Gasteiger partial charge in [0.05, 0.1) is 22.7 Å². The quantitative estimate of drug-likeness (QED) is 0.343. The Balaban J connectivity index is 1.61. The van der Waals surface area contributed by atoms with Gasteiger partial charge in [0.2, 0.25) is 5.91 Å². The lowest BCUT2D eigenvalue weighted by Crippen LogP contribution is -2.19. The van der Waals surface area contributed by atoms with E-state index in [0.717, 1.165) is 28.4 Å². The Kier molecular flexibility index (Phi) is 7.64. The van der Waals surface area contributed by atoms with Crippen molar-refractivity contribution in [3.8, 4) is 5.69 Å². The summed E-state index contributed by atoms with van der Waals surface area (Å²) < 4.78 is 2.02. The van der Waals surface area contributed by atoms with Crippen LogP contribution in [0, 0.1) is 20.8 Å². The lowest BCUT2D eigenvalue weighted by Gasteiger charge is -2.12. The molecule has 0 unspecified atom stereocenters. The molecule has 156 valence electrons. The molecule has 0 spiro atoms. The predicted octanol–water partition coefficient (Wildman–Crippen LogP) is 6.09. The van der Waals surface area contributed by atoms with Gasteiger partial charge in [-0.3, -0.25) is 4.79 Å². The number of carbonyl (C=O) groups excluding carboxylic acids is 1. The molecule has 0 saturated carbocycles. The number of hydrazone groups is 1. The zero-order valence-corrected chi connectivity index (χ0v) is 19.4. The molecule has 7 heteroatoms.